The van der Waals surface area contributed by atoms with Crippen LogP contribution >= 0.6 is 23.4 Å². The summed E-state index contributed by atoms with van der Waals surface area (Å²) in [7, 11) is 0. The quantitative estimate of drug-likeness (QED) is 0.263. The van der Waals surface area contributed by atoms with Crippen molar-refractivity contribution >= 4 is 35.0 Å². The number of hydrogen-bond acceptors (Lipinski definition) is 3. The molecule has 0 fully saturated rings. The zero-order valence-corrected chi connectivity index (χ0v) is 20.6. The lowest BCUT2D eigenvalue weighted by Crippen LogP contribution is -2.18. The second-order valence-corrected chi connectivity index (χ2v) is 10.4. The number of phenols is 1. The first-order valence-corrected chi connectivity index (χ1v) is 11.5. The number of carbonyl (C=O) groups excluding carboxylic acids is 1. The molecule has 0 unspecified atom stereocenters. The second kappa shape index (κ2) is 9.70. The number of halogens is 6. The van der Waals surface area contributed by atoms with Gasteiger partial charge >= 0.3 is 5.51 Å². The number of anilines is 1. The highest BCUT2D eigenvalue weighted by Gasteiger charge is 2.31. The minimum absolute atomic E-state index is 0.102. The molecule has 0 aliphatic rings. The molecule has 35 heavy (non-hydrogen) atoms. The Morgan fingerprint density at radius 1 is 1.00 bits per heavy atom. The van der Waals surface area contributed by atoms with Crippen LogP contribution in [0.15, 0.2) is 47.4 Å². The van der Waals surface area contributed by atoms with Crippen LogP contribution in [-0.4, -0.2) is 16.5 Å². The van der Waals surface area contributed by atoms with Gasteiger partial charge in [0, 0.05) is 22.2 Å². The monoisotopic (exact) mass is 529 g/mol. The SMILES string of the molecule is Cc1c(-c2cc(F)cc(F)c2)cc(C(C)(C)C)c(O)c1C(=O)Nc1ccc(SC(F)(F)F)c(Cl)c1. The smallest absolute Gasteiger partial charge is 0.446 e. The van der Waals surface area contributed by atoms with Crippen LogP contribution in [0.5, 0.6) is 5.75 Å². The first kappa shape index (κ1) is 26.8. The molecule has 0 aliphatic heterocycles. The number of thioether (sulfide) groups is 1. The molecule has 0 saturated carbocycles. The molecule has 2 N–H and O–H groups in total. The van der Waals surface area contributed by atoms with Gasteiger partial charge in [0.1, 0.15) is 17.4 Å². The molecule has 0 spiro atoms. The normalized spacial score (nSPS) is 12.1. The maximum Gasteiger partial charge on any atom is 0.446 e. The molecule has 0 aliphatic carbocycles. The predicted octanol–water partition coefficient (Wildman–Crippen LogP) is 8.46. The fourth-order valence-electron chi connectivity index (χ4n) is 3.61. The van der Waals surface area contributed by atoms with Gasteiger partial charge in [-0.3, -0.25) is 4.79 Å². The Balaban J connectivity index is 2.10. The van der Waals surface area contributed by atoms with Gasteiger partial charge in [0.05, 0.1) is 10.6 Å². The van der Waals surface area contributed by atoms with Crippen LogP contribution in [0.3, 0.4) is 0 Å². The van der Waals surface area contributed by atoms with Crippen molar-refractivity contribution in [3.8, 4) is 16.9 Å². The van der Waals surface area contributed by atoms with Gasteiger partial charge in [-0.05, 0) is 77.2 Å². The van der Waals surface area contributed by atoms with Crippen molar-refractivity contribution in [2.24, 2.45) is 0 Å². The predicted molar refractivity (Wildman–Crippen MR) is 128 cm³/mol. The zero-order chi connectivity index (χ0) is 26.3. The Hall–Kier alpha value is -2.78. The standard InChI is InChI=1S/C25H21ClF5NO2S/c1-12-17(13-7-14(27)9-15(28)8-13)11-18(24(2,3)4)22(33)21(12)23(34)32-16-5-6-20(19(26)10-16)35-25(29,30)31/h5-11,33H,1-4H3,(H,32,34). The van der Waals surface area contributed by atoms with Gasteiger partial charge in [-0.1, -0.05) is 32.4 Å². The highest BCUT2D eigenvalue weighted by atomic mass is 35.5. The van der Waals surface area contributed by atoms with E-state index in [0.717, 1.165) is 30.3 Å². The number of aromatic hydroxyl groups is 1. The molecule has 0 aromatic heterocycles. The Morgan fingerprint density at radius 3 is 2.11 bits per heavy atom. The molecule has 0 heterocycles. The molecular formula is C25H21ClF5NO2S. The highest BCUT2D eigenvalue weighted by molar-refractivity contribution is 8.00. The van der Waals surface area contributed by atoms with E-state index in [2.05, 4.69) is 5.32 Å². The summed E-state index contributed by atoms with van der Waals surface area (Å²) < 4.78 is 65.8. The Labute approximate surface area is 208 Å². The average Bonchev–Trinajstić information content (AvgIpc) is 2.67. The van der Waals surface area contributed by atoms with E-state index in [0.29, 0.717) is 11.1 Å². The van der Waals surface area contributed by atoms with Crippen molar-refractivity contribution < 1.29 is 31.9 Å². The maximum absolute atomic E-state index is 13.9. The number of phenolic OH excluding ortho intramolecular Hbond substituents is 1. The van der Waals surface area contributed by atoms with Gasteiger partial charge in [-0.2, -0.15) is 13.2 Å². The van der Waals surface area contributed by atoms with E-state index in [1.807, 2.05) is 0 Å². The summed E-state index contributed by atoms with van der Waals surface area (Å²) in [6, 6.07) is 8.07. The molecule has 3 aromatic rings. The summed E-state index contributed by atoms with van der Waals surface area (Å²) >= 11 is 5.57. The molecule has 10 heteroatoms. The van der Waals surface area contributed by atoms with Crippen LogP contribution in [0.25, 0.3) is 11.1 Å². The summed E-state index contributed by atoms with van der Waals surface area (Å²) in [6.07, 6.45) is 0. The van der Waals surface area contributed by atoms with Gasteiger partial charge < -0.3 is 10.4 Å². The van der Waals surface area contributed by atoms with Crippen molar-refractivity contribution in [1.29, 1.82) is 0 Å². The molecule has 0 atom stereocenters. The summed E-state index contributed by atoms with van der Waals surface area (Å²) in [6.45, 7) is 6.92. The van der Waals surface area contributed by atoms with Crippen molar-refractivity contribution in [1.82, 2.24) is 0 Å². The van der Waals surface area contributed by atoms with Crippen molar-refractivity contribution in [2.75, 3.05) is 5.32 Å². The number of nitrogens with one attached hydrogen (secondary N) is 1. The number of rotatable bonds is 4. The van der Waals surface area contributed by atoms with Gasteiger partial charge in [0.25, 0.3) is 5.91 Å². The third-order valence-corrected chi connectivity index (χ3v) is 6.42. The minimum atomic E-state index is -4.53. The molecular weight excluding hydrogens is 509 g/mol. The van der Waals surface area contributed by atoms with E-state index in [-0.39, 0.29) is 49.8 Å². The fourth-order valence-corrected chi connectivity index (χ4v) is 4.44. The van der Waals surface area contributed by atoms with Crippen molar-refractivity contribution in [2.45, 2.75) is 43.5 Å². The van der Waals surface area contributed by atoms with Gasteiger partial charge in [-0.25, -0.2) is 8.78 Å². The lowest BCUT2D eigenvalue weighted by molar-refractivity contribution is -0.0328. The van der Waals surface area contributed by atoms with E-state index < -0.39 is 28.5 Å². The van der Waals surface area contributed by atoms with E-state index in [4.69, 9.17) is 11.6 Å². The van der Waals surface area contributed by atoms with Crippen molar-refractivity contribution in [3.63, 3.8) is 0 Å². The summed E-state index contributed by atoms with van der Waals surface area (Å²) in [4.78, 5) is 13.0. The van der Waals surface area contributed by atoms with Crippen LogP contribution in [-0.2, 0) is 5.41 Å². The Morgan fingerprint density at radius 2 is 1.60 bits per heavy atom. The topological polar surface area (TPSA) is 49.3 Å². The second-order valence-electron chi connectivity index (χ2n) is 8.88. The van der Waals surface area contributed by atoms with E-state index in [9.17, 15) is 31.9 Å². The lowest BCUT2D eigenvalue weighted by atomic mass is 9.81. The van der Waals surface area contributed by atoms with E-state index in [1.54, 1.807) is 26.8 Å². The number of alkyl halides is 3. The van der Waals surface area contributed by atoms with Crippen LogP contribution in [0.1, 0.15) is 42.3 Å². The van der Waals surface area contributed by atoms with Crippen LogP contribution in [0, 0.1) is 18.6 Å². The average molecular weight is 530 g/mol. The Bertz CT molecular complexity index is 1280. The van der Waals surface area contributed by atoms with Crippen LogP contribution in [0.4, 0.5) is 27.6 Å². The third-order valence-electron chi connectivity index (χ3n) is 5.18. The van der Waals surface area contributed by atoms with Crippen LogP contribution < -0.4 is 5.32 Å². The summed E-state index contributed by atoms with van der Waals surface area (Å²) in [5.74, 6) is -2.69. The molecule has 0 saturated heterocycles. The largest absolute Gasteiger partial charge is 0.507 e. The van der Waals surface area contributed by atoms with Gasteiger partial charge in [0.15, 0.2) is 0 Å². The minimum Gasteiger partial charge on any atom is -0.507 e. The summed E-state index contributed by atoms with van der Waals surface area (Å²) in [5, 5.41) is 13.3. The maximum atomic E-state index is 13.9. The van der Waals surface area contributed by atoms with Gasteiger partial charge in [-0.15, -0.1) is 0 Å². The van der Waals surface area contributed by atoms with Crippen molar-refractivity contribution in [3.05, 3.63) is 75.8 Å². The molecule has 1 amide bonds. The number of amides is 1. The number of carbonyl (C=O) groups is 1. The fraction of sp³-hybridized carbons (Fsp3) is 0.240. The first-order chi connectivity index (χ1) is 16.1. The van der Waals surface area contributed by atoms with E-state index in [1.165, 1.54) is 13.0 Å². The van der Waals surface area contributed by atoms with Crippen LogP contribution in [0.2, 0.25) is 5.02 Å². The molecule has 0 radical (unpaired) electrons. The Kier molecular flexibility index (Phi) is 7.43. The molecule has 3 aromatic carbocycles. The molecule has 0 bridgehead atoms. The van der Waals surface area contributed by atoms with Gasteiger partial charge in [0.2, 0.25) is 0 Å². The molecule has 186 valence electrons. The zero-order valence-electron chi connectivity index (χ0n) is 19.1. The summed E-state index contributed by atoms with van der Waals surface area (Å²) in [5.41, 5.74) is -4.07. The number of hydrogen-bond donors (Lipinski definition) is 2. The third kappa shape index (κ3) is 6.27. The highest BCUT2D eigenvalue weighted by Crippen LogP contribution is 2.42. The van der Waals surface area contributed by atoms with E-state index >= 15 is 0 Å². The molecule has 3 rings (SSSR count). The number of benzene rings is 3. The first-order valence-electron chi connectivity index (χ1n) is 10.3. The lowest BCUT2D eigenvalue weighted by Gasteiger charge is -2.25. The molecule has 3 nitrogen and oxygen atoms in total.